The van der Waals surface area contributed by atoms with Crippen molar-refractivity contribution in [3.63, 3.8) is 0 Å². The Hall–Kier alpha value is -2.60. The van der Waals surface area contributed by atoms with Gasteiger partial charge in [-0.3, -0.25) is 9.71 Å². The third-order valence-corrected chi connectivity index (χ3v) is 4.35. The molecule has 0 spiro atoms. The van der Waals surface area contributed by atoms with E-state index in [2.05, 4.69) is 9.71 Å². The molecule has 6 heteroatoms. The van der Waals surface area contributed by atoms with Gasteiger partial charge in [0.15, 0.2) is 0 Å². The number of hydrogen-bond donors (Lipinski definition) is 2. The molecule has 1 aromatic heterocycles. The molecule has 2 N–H and O–H groups in total. The molecule has 0 unspecified atom stereocenters. The van der Waals surface area contributed by atoms with Crippen LogP contribution in [0.4, 0.5) is 5.69 Å². The third kappa shape index (κ3) is 2.80. The quantitative estimate of drug-likeness (QED) is 0.779. The molecule has 106 valence electrons. The van der Waals surface area contributed by atoms with E-state index in [1.807, 2.05) is 24.3 Å². The van der Waals surface area contributed by atoms with Crippen LogP contribution in [-0.2, 0) is 10.0 Å². The number of pyridine rings is 1. The summed E-state index contributed by atoms with van der Waals surface area (Å²) < 4.78 is 26.9. The lowest BCUT2D eigenvalue weighted by Crippen LogP contribution is -2.12. The van der Waals surface area contributed by atoms with Crippen molar-refractivity contribution in [1.82, 2.24) is 4.98 Å². The molecular weight excluding hydrogens is 288 g/mol. The second kappa shape index (κ2) is 5.06. The third-order valence-electron chi connectivity index (χ3n) is 2.97. The van der Waals surface area contributed by atoms with Crippen molar-refractivity contribution in [2.24, 2.45) is 0 Å². The molecule has 1 heterocycles. The summed E-state index contributed by atoms with van der Waals surface area (Å²) in [6.45, 7) is 0. The topological polar surface area (TPSA) is 79.3 Å². The summed E-state index contributed by atoms with van der Waals surface area (Å²) in [5, 5.41) is 10.2. The number of phenols is 1. The molecule has 5 nitrogen and oxygen atoms in total. The maximum atomic E-state index is 12.2. The molecular formula is C15H12N2O3S. The van der Waals surface area contributed by atoms with Crippen molar-refractivity contribution in [2.45, 2.75) is 4.90 Å². The minimum absolute atomic E-state index is 0.00402. The van der Waals surface area contributed by atoms with Crippen LogP contribution in [0, 0.1) is 0 Å². The van der Waals surface area contributed by atoms with Crippen LogP contribution >= 0.6 is 0 Å². The van der Waals surface area contributed by atoms with Gasteiger partial charge in [0.25, 0.3) is 10.0 Å². The minimum Gasteiger partial charge on any atom is -0.508 e. The number of para-hydroxylation sites is 1. The Morgan fingerprint density at radius 3 is 2.62 bits per heavy atom. The molecule has 0 radical (unpaired) electrons. The largest absolute Gasteiger partial charge is 0.508 e. The van der Waals surface area contributed by atoms with Crippen molar-refractivity contribution in [3.8, 4) is 5.75 Å². The van der Waals surface area contributed by atoms with Gasteiger partial charge in [-0.25, -0.2) is 8.42 Å². The van der Waals surface area contributed by atoms with E-state index in [1.165, 1.54) is 30.5 Å². The molecule has 21 heavy (non-hydrogen) atoms. The lowest BCUT2D eigenvalue weighted by atomic mass is 10.2. The summed E-state index contributed by atoms with van der Waals surface area (Å²) in [5.74, 6) is -0.102. The summed E-state index contributed by atoms with van der Waals surface area (Å²) >= 11 is 0. The fourth-order valence-corrected chi connectivity index (χ4v) is 3.06. The number of aromatic hydroxyl groups is 1. The van der Waals surface area contributed by atoms with Crippen LogP contribution in [0.3, 0.4) is 0 Å². The van der Waals surface area contributed by atoms with Crippen LogP contribution in [0.1, 0.15) is 0 Å². The van der Waals surface area contributed by atoms with Crippen molar-refractivity contribution in [1.29, 1.82) is 0 Å². The predicted molar refractivity (Wildman–Crippen MR) is 80.7 cm³/mol. The highest BCUT2D eigenvalue weighted by Gasteiger charge is 2.15. The highest BCUT2D eigenvalue weighted by Crippen LogP contribution is 2.21. The van der Waals surface area contributed by atoms with Crippen molar-refractivity contribution >= 4 is 26.6 Å². The van der Waals surface area contributed by atoms with Crippen LogP contribution in [0.25, 0.3) is 10.9 Å². The number of hydrogen-bond acceptors (Lipinski definition) is 4. The maximum absolute atomic E-state index is 12.2. The number of anilines is 1. The number of aromatic nitrogens is 1. The zero-order valence-electron chi connectivity index (χ0n) is 10.9. The zero-order valence-corrected chi connectivity index (χ0v) is 11.7. The Balaban J connectivity index is 1.97. The van der Waals surface area contributed by atoms with E-state index in [4.69, 9.17) is 0 Å². The first-order valence-corrected chi connectivity index (χ1v) is 7.69. The number of fused-ring (bicyclic) bond motifs is 1. The monoisotopic (exact) mass is 300 g/mol. The molecule has 0 aliphatic carbocycles. The Bertz CT molecular complexity index is 907. The SMILES string of the molecule is O=S(=O)(Nc1cnc2ccccc2c1)c1cccc(O)c1. The van der Waals surface area contributed by atoms with Gasteiger partial charge in [0.2, 0.25) is 0 Å². The van der Waals surface area contributed by atoms with Gasteiger partial charge in [-0.1, -0.05) is 24.3 Å². The van der Waals surface area contributed by atoms with Crippen molar-refractivity contribution < 1.29 is 13.5 Å². The maximum Gasteiger partial charge on any atom is 0.262 e. The highest BCUT2D eigenvalue weighted by molar-refractivity contribution is 7.92. The number of benzene rings is 2. The molecule has 0 saturated heterocycles. The second-order valence-corrected chi connectivity index (χ2v) is 6.20. The molecule has 0 atom stereocenters. The van der Waals surface area contributed by atoms with Crippen LogP contribution in [0.15, 0.2) is 65.7 Å². The van der Waals surface area contributed by atoms with Gasteiger partial charge < -0.3 is 5.11 Å². The fourth-order valence-electron chi connectivity index (χ4n) is 1.99. The van der Waals surface area contributed by atoms with Crippen LogP contribution in [0.2, 0.25) is 0 Å². The molecule has 0 bridgehead atoms. The molecule has 2 aromatic carbocycles. The van der Waals surface area contributed by atoms with Gasteiger partial charge in [0, 0.05) is 11.5 Å². The molecule has 3 rings (SSSR count). The summed E-state index contributed by atoms with van der Waals surface area (Å²) in [6, 6.07) is 14.6. The second-order valence-electron chi connectivity index (χ2n) is 4.52. The minimum atomic E-state index is -3.75. The smallest absolute Gasteiger partial charge is 0.262 e. The molecule has 3 aromatic rings. The lowest BCUT2D eigenvalue weighted by molar-refractivity contribution is 0.473. The van der Waals surface area contributed by atoms with Gasteiger partial charge in [-0.2, -0.15) is 0 Å². The van der Waals surface area contributed by atoms with Crippen LogP contribution < -0.4 is 4.72 Å². The molecule has 0 aliphatic heterocycles. The summed E-state index contributed by atoms with van der Waals surface area (Å²) in [5.41, 5.74) is 1.16. The first-order valence-electron chi connectivity index (χ1n) is 6.21. The number of rotatable bonds is 3. The highest BCUT2D eigenvalue weighted by atomic mass is 32.2. The van der Waals surface area contributed by atoms with E-state index in [0.717, 1.165) is 10.9 Å². The van der Waals surface area contributed by atoms with E-state index >= 15 is 0 Å². The summed E-state index contributed by atoms with van der Waals surface area (Å²) in [6.07, 6.45) is 1.46. The van der Waals surface area contributed by atoms with Gasteiger partial charge in [-0.15, -0.1) is 0 Å². The van der Waals surface area contributed by atoms with Crippen LogP contribution in [0.5, 0.6) is 5.75 Å². The predicted octanol–water partition coefficient (Wildman–Crippen LogP) is 2.74. The van der Waals surface area contributed by atoms with E-state index in [9.17, 15) is 13.5 Å². The number of nitrogens with one attached hydrogen (secondary N) is 1. The average molecular weight is 300 g/mol. The van der Waals surface area contributed by atoms with Gasteiger partial charge >= 0.3 is 0 Å². The summed E-state index contributed by atoms with van der Waals surface area (Å²) in [4.78, 5) is 4.20. The van der Waals surface area contributed by atoms with Crippen LogP contribution in [-0.4, -0.2) is 18.5 Å². The van der Waals surface area contributed by atoms with Crippen molar-refractivity contribution in [2.75, 3.05) is 4.72 Å². The van der Waals surface area contributed by atoms with E-state index in [1.54, 1.807) is 6.07 Å². The standard InChI is InChI=1S/C15H12N2O3S/c18-13-5-3-6-14(9-13)21(19,20)17-12-8-11-4-1-2-7-15(11)16-10-12/h1-10,17-18H. The van der Waals surface area contributed by atoms with Gasteiger partial charge in [0.1, 0.15) is 5.75 Å². The summed E-state index contributed by atoms with van der Waals surface area (Å²) in [7, 11) is -3.75. The Morgan fingerprint density at radius 1 is 1.00 bits per heavy atom. The molecule has 0 aliphatic rings. The Labute approximate surface area is 121 Å². The van der Waals surface area contributed by atoms with E-state index in [-0.39, 0.29) is 10.6 Å². The fraction of sp³-hybridized carbons (Fsp3) is 0. The van der Waals surface area contributed by atoms with Crippen molar-refractivity contribution in [3.05, 3.63) is 60.8 Å². The van der Waals surface area contributed by atoms with Gasteiger partial charge in [0.05, 0.1) is 22.3 Å². The zero-order chi connectivity index (χ0) is 14.9. The Kier molecular flexibility index (Phi) is 3.23. The first-order chi connectivity index (χ1) is 10.0. The Morgan fingerprint density at radius 2 is 1.81 bits per heavy atom. The van der Waals surface area contributed by atoms with E-state index in [0.29, 0.717) is 5.69 Å². The number of phenolic OH excluding ortho intramolecular Hbond substituents is 1. The molecule has 0 amide bonds. The first kappa shape index (κ1) is 13.4. The molecule has 0 fully saturated rings. The molecule has 0 saturated carbocycles. The number of nitrogens with zero attached hydrogens (tertiary/aromatic N) is 1. The normalized spacial score (nSPS) is 11.4. The van der Waals surface area contributed by atoms with Gasteiger partial charge in [-0.05, 0) is 24.3 Å². The number of sulfonamides is 1. The van der Waals surface area contributed by atoms with E-state index < -0.39 is 10.0 Å². The lowest BCUT2D eigenvalue weighted by Gasteiger charge is -2.08. The average Bonchev–Trinajstić information content (AvgIpc) is 2.47.